The first-order valence-electron chi connectivity index (χ1n) is 8.16. The van der Waals surface area contributed by atoms with Crippen molar-refractivity contribution in [3.63, 3.8) is 0 Å². The van der Waals surface area contributed by atoms with Gasteiger partial charge in [-0.2, -0.15) is 0 Å². The van der Waals surface area contributed by atoms with Crippen LogP contribution < -0.4 is 5.32 Å². The Balaban J connectivity index is 2.36. The van der Waals surface area contributed by atoms with Gasteiger partial charge in [-0.25, -0.2) is 4.79 Å². The van der Waals surface area contributed by atoms with E-state index in [4.69, 9.17) is 16.3 Å². The Morgan fingerprint density at radius 3 is 2.65 bits per heavy atom. The van der Waals surface area contributed by atoms with Crippen molar-refractivity contribution in [1.82, 2.24) is 10.2 Å². The molecule has 1 N–H and O–H groups in total. The van der Waals surface area contributed by atoms with Crippen molar-refractivity contribution in [2.75, 3.05) is 20.1 Å². The van der Waals surface area contributed by atoms with Crippen LogP contribution in [0.5, 0.6) is 0 Å². The molecule has 0 saturated carbocycles. The normalized spacial score (nSPS) is 12.8. The first-order valence-corrected chi connectivity index (χ1v) is 8.53. The SMILES string of the molecule is CCC(NCCCN(C)C(=O)OC(C)(C)C)c1cccc(Cl)c1. The largest absolute Gasteiger partial charge is 0.444 e. The summed E-state index contributed by atoms with van der Waals surface area (Å²) in [5.74, 6) is 0. The Bertz CT molecular complexity index is 500. The van der Waals surface area contributed by atoms with Crippen LogP contribution in [0.15, 0.2) is 24.3 Å². The Labute approximate surface area is 145 Å². The molecule has 0 aliphatic heterocycles. The van der Waals surface area contributed by atoms with Gasteiger partial charge in [0.25, 0.3) is 0 Å². The Kier molecular flexibility index (Phi) is 7.86. The summed E-state index contributed by atoms with van der Waals surface area (Å²) in [6.07, 6.45) is 1.58. The van der Waals surface area contributed by atoms with Crippen molar-refractivity contribution in [2.45, 2.75) is 52.2 Å². The number of amides is 1. The van der Waals surface area contributed by atoms with Crippen molar-refractivity contribution >= 4 is 17.7 Å². The lowest BCUT2D eigenvalue weighted by atomic mass is 10.0. The second-order valence-electron chi connectivity index (χ2n) is 6.73. The van der Waals surface area contributed by atoms with E-state index in [2.05, 4.69) is 18.3 Å². The quantitative estimate of drug-likeness (QED) is 0.735. The third-order valence-electron chi connectivity index (χ3n) is 3.43. The van der Waals surface area contributed by atoms with Gasteiger partial charge in [0.15, 0.2) is 0 Å². The molecule has 0 fully saturated rings. The van der Waals surface area contributed by atoms with Crippen LogP contribution in [0.4, 0.5) is 4.79 Å². The molecule has 23 heavy (non-hydrogen) atoms. The summed E-state index contributed by atoms with van der Waals surface area (Å²) in [6, 6.07) is 8.21. The van der Waals surface area contributed by atoms with Crippen molar-refractivity contribution in [1.29, 1.82) is 0 Å². The number of hydrogen-bond acceptors (Lipinski definition) is 3. The summed E-state index contributed by atoms with van der Waals surface area (Å²) in [5.41, 5.74) is 0.740. The molecular weight excluding hydrogens is 312 g/mol. The molecule has 1 atom stereocenters. The van der Waals surface area contributed by atoms with E-state index in [1.165, 1.54) is 5.56 Å². The average molecular weight is 341 g/mol. The highest BCUT2D eigenvalue weighted by atomic mass is 35.5. The van der Waals surface area contributed by atoms with E-state index in [1.807, 2.05) is 39.0 Å². The fraction of sp³-hybridized carbons (Fsp3) is 0.611. The molecule has 0 radical (unpaired) electrons. The van der Waals surface area contributed by atoms with Crippen LogP contribution in [0.1, 0.15) is 52.1 Å². The van der Waals surface area contributed by atoms with Crippen LogP contribution in [-0.4, -0.2) is 36.7 Å². The lowest BCUT2D eigenvalue weighted by Gasteiger charge is -2.25. The van der Waals surface area contributed by atoms with Gasteiger partial charge in [-0.3, -0.25) is 0 Å². The Hall–Kier alpha value is -1.26. The van der Waals surface area contributed by atoms with E-state index < -0.39 is 5.60 Å². The molecule has 0 heterocycles. The monoisotopic (exact) mass is 340 g/mol. The third kappa shape index (κ3) is 7.71. The zero-order chi connectivity index (χ0) is 17.5. The predicted octanol–water partition coefficient (Wildman–Crippen LogP) is 4.64. The first-order chi connectivity index (χ1) is 10.7. The molecule has 0 saturated heterocycles. The second kappa shape index (κ2) is 9.14. The summed E-state index contributed by atoms with van der Waals surface area (Å²) in [4.78, 5) is 13.5. The van der Waals surface area contributed by atoms with Gasteiger partial charge in [0, 0.05) is 24.7 Å². The second-order valence-corrected chi connectivity index (χ2v) is 7.16. The number of rotatable bonds is 7. The number of nitrogens with one attached hydrogen (secondary N) is 1. The minimum absolute atomic E-state index is 0.278. The molecule has 1 unspecified atom stereocenters. The van der Waals surface area contributed by atoms with Gasteiger partial charge in [-0.15, -0.1) is 0 Å². The highest BCUT2D eigenvalue weighted by Crippen LogP contribution is 2.20. The molecule has 1 rings (SSSR count). The standard InChI is InChI=1S/C18H29ClN2O2/c1-6-16(14-9-7-10-15(19)13-14)20-11-8-12-21(5)17(22)23-18(2,3)4/h7,9-10,13,16,20H,6,8,11-12H2,1-5H3. The number of ether oxygens (including phenoxy) is 1. The summed E-state index contributed by atoms with van der Waals surface area (Å²) >= 11 is 6.05. The number of carbonyl (C=O) groups excluding carboxylic acids is 1. The maximum absolute atomic E-state index is 11.9. The zero-order valence-electron chi connectivity index (χ0n) is 14.9. The molecular formula is C18H29ClN2O2. The van der Waals surface area contributed by atoms with Crippen LogP contribution in [0, 0.1) is 0 Å². The van der Waals surface area contributed by atoms with Crippen molar-refractivity contribution in [3.05, 3.63) is 34.9 Å². The highest BCUT2D eigenvalue weighted by Gasteiger charge is 2.19. The van der Waals surface area contributed by atoms with Crippen molar-refractivity contribution in [3.8, 4) is 0 Å². The fourth-order valence-electron chi connectivity index (χ4n) is 2.24. The zero-order valence-corrected chi connectivity index (χ0v) is 15.6. The molecule has 5 heteroatoms. The molecule has 0 aliphatic rings. The smallest absolute Gasteiger partial charge is 0.410 e. The van der Waals surface area contributed by atoms with Crippen LogP contribution in [0.25, 0.3) is 0 Å². The van der Waals surface area contributed by atoms with E-state index in [9.17, 15) is 4.79 Å². The van der Waals surface area contributed by atoms with Crippen LogP contribution >= 0.6 is 11.6 Å². The van der Waals surface area contributed by atoms with Gasteiger partial charge >= 0.3 is 6.09 Å². The van der Waals surface area contributed by atoms with Gasteiger partial charge < -0.3 is 15.0 Å². The van der Waals surface area contributed by atoms with E-state index >= 15 is 0 Å². The van der Waals surface area contributed by atoms with Gasteiger partial charge in [-0.1, -0.05) is 30.7 Å². The fourth-order valence-corrected chi connectivity index (χ4v) is 2.44. The highest BCUT2D eigenvalue weighted by molar-refractivity contribution is 6.30. The van der Waals surface area contributed by atoms with E-state index in [1.54, 1.807) is 11.9 Å². The average Bonchev–Trinajstić information content (AvgIpc) is 2.45. The van der Waals surface area contributed by atoms with Crippen molar-refractivity contribution < 1.29 is 9.53 Å². The third-order valence-corrected chi connectivity index (χ3v) is 3.66. The molecule has 0 aliphatic carbocycles. The Morgan fingerprint density at radius 2 is 2.09 bits per heavy atom. The van der Waals surface area contributed by atoms with E-state index in [-0.39, 0.29) is 12.1 Å². The van der Waals surface area contributed by atoms with Crippen LogP contribution in [0.2, 0.25) is 5.02 Å². The van der Waals surface area contributed by atoms with Gasteiger partial charge in [0.1, 0.15) is 5.60 Å². The van der Waals surface area contributed by atoms with E-state index in [0.717, 1.165) is 24.4 Å². The maximum atomic E-state index is 11.9. The van der Waals surface area contributed by atoms with Gasteiger partial charge in [0.05, 0.1) is 0 Å². The van der Waals surface area contributed by atoms with Crippen molar-refractivity contribution in [2.24, 2.45) is 0 Å². The molecule has 1 aromatic rings. The summed E-state index contributed by atoms with van der Waals surface area (Å²) in [6.45, 7) is 9.25. The summed E-state index contributed by atoms with van der Waals surface area (Å²) in [7, 11) is 1.77. The summed E-state index contributed by atoms with van der Waals surface area (Å²) < 4.78 is 5.33. The van der Waals surface area contributed by atoms with Gasteiger partial charge in [-0.05, 0) is 57.9 Å². The molecule has 4 nitrogen and oxygen atoms in total. The molecule has 0 spiro atoms. The van der Waals surface area contributed by atoms with E-state index in [0.29, 0.717) is 6.54 Å². The molecule has 0 bridgehead atoms. The van der Waals surface area contributed by atoms with Gasteiger partial charge in [0.2, 0.25) is 0 Å². The topological polar surface area (TPSA) is 41.6 Å². The summed E-state index contributed by atoms with van der Waals surface area (Å²) in [5, 5.41) is 4.27. The lowest BCUT2D eigenvalue weighted by Crippen LogP contribution is -2.35. The number of hydrogen-bond donors (Lipinski definition) is 1. The molecule has 1 amide bonds. The number of carbonyl (C=O) groups is 1. The molecule has 130 valence electrons. The Morgan fingerprint density at radius 1 is 1.39 bits per heavy atom. The number of benzene rings is 1. The lowest BCUT2D eigenvalue weighted by molar-refractivity contribution is 0.0297. The maximum Gasteiger partial charge on any atom is 0.410 e. The predicted molar refractivity (Wildman–Crippen MR) is 96.0 cm³/mol. The first kappa shape index (κ1) is 19.8. The number of nitrogens with zero attached hydrogens (tertiary/aromatic N) is 1. The molecule has 0 aromatic heterocycles. The minimum Gasteiger partial charge on any atom is -0.444 e. The van der Waals surface area contributed by atoms with Crippen LogP contribution in [-0.2, 0) is 4.74 Å². The minimum atomic E-state index is -0.455. The number of halogens is 1. The molecule has 1 aromatic carbocycles. The van der Waals surface area contributed by atoms with Crippen LogP contribution in [0.3, 0.4) is 0 Å².